The van der Waals surface area contributed by atoms with Crippen LogP contribution in [0, 0.1) is 5.41 Å². The second-order valence-corrected chi connectivity index (χ2v) is 6.60. The molecular formula is C14H28N2. The van der Waals surface area contributed by atoms with Gasteiger partial charge < -0.3 is 10.2 Å². The summed E-state index contributed by atoms with van der Waals surface area (Å²) in [6.07, 6.45) is 8.40. The van der Waals surface area contributed by atoms with Crippen molar-refractivity contribution in [2.75, 3.05) is 20.1 Å². The number of hydrogen-bond acceptors (Lipinski definition) is 2. The molecule has 2 aliphatic carbocycles. The average Bonchev–Trinajstić information content (AvgIpc) is 3.01. The molecule has 2 saturated carbocycles. The summed E-state index contributed by atoms with van der Waals surface area (Å²) in [5.74, 6) is 0. The van der Waals surface area contributed by atoms with E-state index in [9.17, 15) is 0 Å². The van der Waals surface area contributed by atoms with E-state index < -0.39 is 0 Å². The topological polar surface area (TPSA) is 15.3 Å². The SMILES string of the molecule is CN(CCNC1CC1)C1CCC(C)(C)CC1. The van der Waals surface area contributed by atoms with Crippen LogP contribution in [0.15, 0.2) is 0 Å². The van der Waals surface area contributed by atoms with Gasteiger partial charge in [0.2, 0.25) is 0 Å². The molecule has 0 aromatic heterocycles. The van der Waals surface area contributed by atoms with Gasteiger partial charge in [-0.05, 0) is 51.0 Å². The fraction of sp³-hybridized carbons (Fsp3) is 1.00. The maximum atomic E-state index is 3.60. The number of likely N-dealkylation sites (N-methyl/N-ethyl adjacent to an activating group) is 1. The third-order valence-corrected chi connectivity index (χ3v) is 4.41. The Kier molecular flexibility index (Phi) is 3.91. The summed E-state index contributed by atoms with van der Waals surface area (Å²) in [6.45, 7) is 7.23. The molecule has 2 nitrogen and oxygen atoms in total. The highest BCUT2D eigenvalue weighted by Crippen LogP contribution is 2.36. The fourth-order valence-electron chi connectivity index (χ4n) is 2.74. The standard InChI is InChI=1S/C14H28N2/c1-14(2)8-6-13(7-9-14)16(3)11-10-15-12-4-5-12/h12-13,15H,4-11H2,1-3H3. The van der Waals surface area contributed by atoms with Crippen LogP contribution in [0.3, 0.4) is 0 Å². The zero-order valence-corrected chi connectivity index (χ0v) is 11.3. The van der Waals surface area contributed by atoms with Crippen molar-refractivity contribution >= 4 is 0 Å². The van der Waals surface area contributed by atoms with Crippen LogP contribution >= 0.6 is 0 Å². The lowest BCUT2D eigenvalue weighted by atomic mass is 9.75. The third kappa shape index (κ3) is 3.74. The molecule has 2 rings (SSSR count). The van der Waals surface area contributed by atoms with Crippen LogP contribution in [-0.2, 0) is 0 Å². The van der Waals surface area contributed by atoms with Gasteiger partial charge in [0, 0.05) is 25.2 Å². The predicted octanol–water partition coefficient (Wildman–Crippen LogP) is 2.64. The monoisotopic (exact) mass is 224 g/mol. The van der Waals surface area contributed by atoms with Crippen molar-refractivity contribution in [2.24, 2.45) is 5.41 Å². The van der Waals surface area contributed by atoms with Crippen molar-refractivity contribution in [1.82, 2.24) is 10.2 Å². The van der Waals surface area contributed by atoms with Crippen LogP contribution in [0.5, 0.6) is 0 Å². The van der Waals surface area contributed by atoms with Crippen LogP contribution in [0.1, 0.15) is 52.4 Å². The highest BCUT2D eigenvalue weighted by Gasteiger charge is 2.28. The molecule has 2 aliphatic rings. The molecule has 0 amide bonds. The first kappa shape index (κ1) is 12.4. The molecule has 0 spiro atoms. The van der Waals surface area contributed by atoms with E-state index in [-0.39, 0.29) is 0 Å². The van der Waals surface area contributed by atoms with Crippen LogP contribution in [-0.4, -0.2) is 37.1 Å². The number of hydrogen-bond donors (Lipinski definition) is 1. The summed E-state index contributed by atoms with van der Waals surface area (Å²) in [6, 6.07) is 1.70. The molecule has 1 N–H and O–H groups in total. The summed E-state index contributed by atoms with van der Waals surface area (Å²) >= 11 is 0. The number of nitrogens with zero attached hydrogens (tertiary/aromatic N) is 1. The zero-order chi connectivity index (χ0) is 11.6. The smallest absolute Gasteiger partial charge is 0.0107 e. The van der Waals surface area contributed by atoms with Gasteiger partial charge >= 0.3 is 0 Å². The van der Waals surface area contributed by atoms with Crippen molar-refractivity contribution < 1.29 is 0 Å². The van der Waals surface area contributed by atoms with E-state index in [4.69, 9.17) is 0 Å². The van der Waals surface area contributed by atoms with E-state index in [1.165, 1.54) is 51.6 Å². The van der Waals surface area contributed by atoms with E-state index in [0.29, 0.717) is 5.41 Å². The minimum Gasteiger partial charge on any atom is -0.313 e. The lowest BCUT2D eigenvalue weighted by Gasteiger charge is -2.38. The Bertz CT molecular complexity index is 211. The van der Waals surface area contributed by atoms with Gasteiger partial charge in [-0.15, -0.1) is 0 Å². The zero-order valence-electron chi connectivity index (χ0n) is 11.3. The molecule has 0 aromatic carbocycles. The Morgan fingerprint density at radius 3 is 2.31 bits per heavy atom. The maximum Gasteiger partial charge on any atom is 0.0107 e. The normalized spacial score (nSPS) is 26.2. The molecule has 0 heterocycles. The number of nitrogens with one attached hydrogen (secondary N) is 1. The highest BCUT2D eigenvalue weighted by atomic mass is 15.1. The molecule has 2 fully saturated rings. The van der Waals surface area contributed by atoms with E-state index in [1.807, 2.05) is 0 Å². The second-order valence-electron chi connectivity index (χ2n) is 6.60. The van der Waals surface area contributed by atoms with Crippen molar-refractivity contribution in [3.8, 4) is 0 Å². The molecule has 16 heavy (non-hydrogen) atoms. The van der Waals surface area contributed by atoms with Crippen molar-refractivity contribution in [3.05, 3.63) is 0 Å². The van der Waals surface area contributed by atoms with Crippen LogP contribution in [0.2, 0.25) is 0 Å². The minimum absolute atomic E-state index is 0.601. The highest BCUT2D eigenvalue weighted by molar-refractivity contribution is 4.84. The Balaban J connectivity index is 1.62. The summed E-state index contributed by atoms with van der Waals surface area (Å²) in [7, 11) is 2.30. The van der Waals surface area contributed by atoms with Gasteiger partial charge in [-0.25, -0.2) is 0 Å². The fourth-order valence-corrected chi connectivity index (χ4v) is 2.74. The molecule has 0 saturated heterocycles. The van der Waals surface area contributed by atoms with Crippen LogP contribution < -0.4 is 5.32 Å². The van der Waals surface area contributed by atoms with Gasteiger partial charge in [0.15, 0.2) is 0 Å². The van der Waals surface area contributed by atoms with Gasteiger partial charge in [-0.3, -0.25) is 0 Å². The Labute approximate surface area is 101 Å². The van der Waals surface area contributed by atoms with Gasteiger partial charge in [0.1, 0.15) is 0 Å². The molecular weight excluding hydrogens is 196 g/mol. The first-order valence-corrected chi connectivity index (χ1v) is 7.00. The molecule has 0 atom stereocenters. The molecule has 0 bridgehead atoms. The predicted molar refractivity (Wildman–Crippen MR) is 69.7 cm³/mol. The second kappa shape index (κ2) is 5.05. The van der Waals surface area contributed by atoms with Gasteiger partial charge in [0.05, 0.1) is 0 Å². The lowest BCUT2D eigenvalue weighted by molar-refractivity contribution is 0.128. The summed E-state index contributed by atoms with van der Waals surface area (Å²) < 4.78 is 0. The molecule has 0 aromatic rings. The largest absolute Gasteiger partial charge is 0.313 e. The molecule has 94 valence electrons. The summed E-state index contributed by atoms with van der Waals surface area (Å²) in [5.41, 5.74) is 0.601. The third-order valence-electron chi connectivity index (χ3n) is 4.41. The minimum atomic E-state index is 0.601. The molecule has 0 unspecified atom stereocenters. The first-order valence-electron chi connectivity index (χ1n) is 7.00. The molecule has 0 aliphatic heterocycles. The van der Waals surface area contributed by atoms with Gasteiger partial charge in [-0.2, -0.15) is 0 Å². The molecule has 2 heteroatoms. The van der Waals surface area contributed by atoms with Crippen LogP contribution in [0.25, 0.3) is 0 Å². The van der Waals surface area contributed by atoms with E-state index >= 15 is 0 Å². The van der Waals surface area contributed by atoms with E-state index in [1.54, 1.807) is 0 Å². The quantitative estimate of drug-likeness (QED) is 0.772. The lowest BCUT2D eigenvalue weighted by Crippen LogP contribution is -2.40. The first-order chi connectivity index (χ1) is 7.57. The van der Waals surface area contributed by atoms with Gasteiger partial charge in [-0.1, -0.05) is 13.8 Å². The van der Waals surface area contributed by atoms with Crippen molar-refractivity contribution in [1.29, 1.82) is 0 Å². The summed E-state index contributed by atoms with van der Waals surface area (Å²) in [5, 5.41) is 3.60. The Morgan fingerprint density at radius 1 is 1.12 bits per heavy atom. The average molecular weight is 224 g/mol. The number of rotatable bonds is 5. The van der Waals surface area contributed by atoms with Crippen LogP contribution in [0.4, 0.5) is 0 Å². The van der Waals surface area contributed by atoms with Gasteiger partial charge in [0.25, 0.3) is 0 Å². The summed E-state index contributed by atoms with van der Waals surface area (Å²) in [4.78, 5) is 2.57. The maximum absolute atomic E-state index is 3.60. The van der Waals surface area contributed by atoms with E-state index in [0.717, 1.165) is 12.1 Å². The van der Waals surface area contributed by atoms with Crippen molar-refractivity contribution in [2.45, 2.75) is 64.5 Å². The van der Waals surface area contributed by atoms with E-state index in [2.05, 4.69) is 31.1 Å². The molecule has 0 radical (unpaired) electrons. The van der Waals surface area contributed by atoms with Crippen molar-refractivity contribution in [3.63, 3.8) is 0 Å². The Morgan fingerprint density at radius 2 is 1.75 bits per heavy atom. The Hall–Kier alpha value is -0.0800.